The minimum Gasteiger partial charge on any atom is -0.392 e. The standard InChI is InChI=1S/C14H13ClINO3S/c1-9-10(8-18)6-11(15)7-14(9)21(19,20)17-13-5-3-2-4-12(13)16/h2-7,17-18H,8H2,1H3. The lowest BCUT2D eigenvalue weighted by Gasteiger charge is -2.14. The lowest BCUT2D eigenvalue weighted by atomic mass is 10.1. The van der Waals surface area contributed by atoms with E-state index < -0.39 is 10.0 Å². The van der Waals surface area contributed by atoms with Crippen molar-refractivity contribution < 1.29 is 13.5 Å². The second kappa shape index (κ2) is 6.51. The van der Waals surface area contributed by atoms with Gasteiger partial charge in [0.05, 0.1) is 17.2 Å². The van der Waals surface area contributed by atoms with Crippen molar-refractivity contribution in [2.45, 2.75) is 18.4 Å². The van der Waals surface area contributed by atoms with Crippen molar-refractivity contribution >= 4 is 49.9 Å². The van der Waals surface area contributed by atoms with E-state index in [1.54, 1.807) is 25.1 Å². The van der Waals surface area contributed by atoms with Gasteiger partial charge in [-0.05, 0) is 64.9 Å². The zero-order valence-corrected chi connectivity index (χ0v) is 14.8. The third-order valence-corrected chi connectivity index (χ3v) is 5.66. The number of rotatable bonds is 4. The summed E-state index contributed by atoms with van der Waals surface area (Å²) in [7, 11) is -3.77. The average Bonchev–Trinajstić information content (AvgIpc) is 2.43. The smallest absolute Gasteiger partial charge is 0.262 e. The molecule has 112 valence electrons. The van der Waals surface area contributed by atoms with E-state index in [4.69, 9.17) is 11.6 Å². The maximum absolute atomic E-state index is 12.5. The summed E-state index contributed by atoms with van der Waals surface area (Å²) in [5.41, 5.74) is 1.48. The predicted molar refractivity (Wildman–Crippen MR) is 92.1 cm³/mol. The third kappa shape index (κ3) is 3.68. The van der Waals surface area contributed by atoms with Crippen molar-refractivity contribution in [2.75, 3.05) is 4.72 Å². The molecule has 2 aromatic rings. The molecule has 0 aliphatic carbocycles. The van der Waals surface area contributed by atoms with E-state index >= 15 is 0 Å². The van der Waals surface area contributed by atoms with Gasteiger partial charge >= 0.3 is 0 Å². The summed E-state index contributed by atoms with van der Waals surface area (Å²) < 4.78 is 28.4. The number of anilines is 1. The van der Waals surface area contributed by atoms with Gasteiger partial charge in [0.1, 0.15) is 0 Å². The van der Waals surface area contributed by atoms with Crippen LogP contribution in [0.3, 0.4) is 0 Å². The highest BCUT2D eigenvalue weighted by Crippen LogP contribution is 2.27. The fraction of sp³-hybridized carbons (Fsp3) is 0.143. The minimum atomic E-state index is -3.77. The summed E-state index contributed by atoms with van der Waals surface area (Å²) in [6.07, 6.45) is 0. The molecule has 7 heteroatoms. The molecule has 0 fully saturated rings. The van der Waals surface area contributed by atoms with Gasteiger partial charge in [0, 0.05) is 8.59 Å². The van der Waals surface area contributed by atoms with Crippen LogP contribution >= 0.6 is 34.2 Å². The second-order valence-corrected chi connectivity index (χ2v) is 7.68. The molecule has 0 spiro atoms. The van der Waals surface area contributed by atoms with E-state index in [1.165, 1.54) is 6.07 Å². The van der Waals surface area contributed by atoms with Crippen LogP contribution in [-0.2, 0) is 16.6 Å². The Kier molecular flexibility index (Phi) is 5.13. The molecular weight excluding hydrogens is 425 g/mol. The van der Waals surface area contributed by atoms with E-state index in [0.29, 0.717) is 16.8 Å². The monoisotopic (exact) mass is 437 g/mol. The highest BCUT2D eigenvalue weighted by molar-refractivity contribution is 14.1. The first-order valence-electron chi connectivity index (χ1n) is 6.02. The second-order valence-electron chi connectivity index (χ2n) is 4.43. The Hall–Kier alpha value is -0.830. The summed E-state index contributed by atoms with van der Waals surface area (Å²) in [4.78, 5) is 0.0682. The summed E-state index contributed by atoms with van der Waals surface area (Å²) in [6, 6.07) is 10.0. The molecule has 0 aromatic heterocycles. The molecule has 0 unspecified atom stereocenters. The van der Waals surface area contributed by atoms with Crippen molar-refractivity contribution in [1.29, 1.82) is 0 Å². The average molecular weight is 438 g/mol. The first kappa shape index (κ1) is 16.5. The highest BCUT2D eigenvalue weighted by atomic mass is 127. The van der Waals surface area contributed by atoms with Gasteiger partial charge in [-0.2, -0.15) is 0 Å². The van der Waals surface area contributed by atoms with E-state index in [-0.39, 0.29) is 16.5 Å². The zero-order chi connectivity index (χ0) is 15.6. The van der Waals surface area contributed by atoms with Gasteiger partial charge in [-0.25, -0.2) is 8.42 Å². The fourth-order valence-electron chi connectivity index (χ4n) is 1.90. The Morgan fingerprint density at radius 2 is 1.95 bits per heavy atom. The molecule has 2 N–H and O–H groups in total. The third-order valence-electron chi connectivity index (χ3n) is 3.01. The van der Waals surface area contributed by atoms with Crippen LogP contribution in [-0.4, -0.2) is 13.5 Å². The molecule has 2 rings (SSSR count). The minimum absolute atomic E-state index is 0.0682. The topological polar surface area (TPSA) is 66.4 Å². The molecule has 0 atom stereocenters. The number of hydrogen-bond donors (Lipinski definition) is 2. The molecule has 0 radical (unpaired) electrons. The number of para-hydroxylation sites is 1. The maximum Gasteiger partial charge on any atom is 0.262 e. The zero-order valence-electron chi connectivity index (χ0n) is 11.1. The number of benzene rings is 2. The Bertz CT molecular complexity index is 778. The van der Waals surface area contributed by atoms with Gasteiger partial charge < -0.3 is 5.11 Å². The molecular formula is C14H13ClINO3S. The molecule has 2 aromatic carbocycles. The molecule has 0 aliphatic heterocycles. The van der Waals surface area contributed by atoms with Gasteiger partial charge in [0.2, 0.25) is 0 Å². The van der Waals surface area contributed by atoms with Gasteiger partial charge in [0.15, 0.2) is 0 Å². The lowest BCUT2D eigenvalue weighted by molar-refractivity contribution is 0.280. The number of aliphatic hydroxyl groups is 1. The quantitative estimate of drug-likeness (QED) is 0.719. The van der Waals surface area contributed by atoms with Crippen LogP contribution in [0.4, 0.5) is 5.69 Å². The van der Waals surface area contributed by atoms with Crippen LogP contribution in [0.5, 0.6) is 0 Å². The summed E-state index contributed by atoms with van der Waals surface area (Å²) in [5.74, 6) is 0. The van der Waals surface area contributed by atoms with E-state index in [9.17, 15) is 13.5 Å². The SMILES string of the molecule is Cc1c(CO)cc(Cl)cc1S(=O)(=O)Nc1ccccc1I. The molecule has 0 bridgehead atoms. The molecule has 0 heterocycles. The first-order chi connectivity index (χ1) is 9.85. The van der Waals surface area contributed by atoms with Gasteiger partial charge in [-0.15, -0.1) is 0 Å². The van der Waals surface area contributed by atoms with Gasteiger partial charge in [-0.1, -0.05) is 23.7 Å². The van der Waals surface area contributed by atoms with Crippen molar-refractivity contribution in [2.24, 2.45) is 0 Å². The molecule has 0 amide bonds. The molecule has 4 nitrogen and oxygen atoms in total. The Balaban J connectivity index is 2.50. The van der Waals surface area contributed by atoms with Crippen LogP contribution in [0.25, 0.3) is 0 Å². The van der Waals surface area contributed by atoms with Crippen molar-refractivity contribution in [3.8, 4) is 0 Å². The number of sulfonamides is 1. The van der Waals surface area contributed by atoms with Gasteiger partial charge in [-0.3, -0.25) is 4.72 Å². The largest absolute Gasteiger partial charge is 0.392 e. The highest BCUT2D eigenvalue weighted by Gasteiger charge is 2.20. The summed E-state index contributed by atoms with van der Waals surface area (Å²) in [5, 5.41) is 9.56. The van der Waals surface area contributed by atoms with E-state index in [1.807, 2.05) is 12.1 Å². The Labute approximate surface area is 142 Å². The number of aliphatic hydroxyl groups excluding tert-OH is 1. The first-order valence-corrected chi connectivity index (χ1v) is 8.96. The van der Waals surface area contributed by atoms with Crippen molar-refractivity contribution in [3.05, 3.63) is 56.1 Å². The number of nitrogens with one attached hydrogen (secondary N) is 1. The summed E-state index contributed by atoms with van der Waals surface area (Å²) in [6.45, 7) is 1.38. The number of halogens is 2. The Morgan fingerprint density at radius 3 is 2.57 bits per heavy atom. The molecule has 0 saturated carbocycles. The maximum atomic E-state index is 12.5. The van der Waals surface area contributed by atoms with Crippen LogP contribution in [0.1, 0.15) is 11.1 Å². The van der Waals surface area contributed by atoms with Crippen molar-refractivity contribution in [1.82, 2.24) is 0 Å². The van der Waals surface area contributed by atoms with Crippen molar-refractivity contribution in [3.63, 3.8) is 0 Å². The molecule has 0 aliphatic rings. The van der Waals surface area contributed by atoms with E-state index in [0.717, 1.165) is 3.57 Å². The van der Waals surface area contributed by atoms with Crippen LogP contribution < -0.4 is 4.72 Å². The molecule has 21 heavy (non-hydrogen) atoms. The fourth-order valence-corrected chi connectivity index (χ4v) is 4.30. The van der Waals surface area contributed by atoms with Crippen LogP contribution in [0, 0.1) is 10.5 Å². The van der Waals surface area contributed by atoms with Crippen LogP contribution in [0.15, 0.2) is 41.3 Å². The van der Waals surface area contributed by atoms with Crippen LogP contribution in [0.2, 0.25) is 5.02 Å². The molecule has 0 saturated heterocycles. The number of hydrogen-bond acceptors (Lipinski definition) is 3. The Morgan fingerprint density at radius 1 is 1.29 bits per heavy atom. The predicted octanol–water partition coefficient (Wildman–Crippen LogP) is 3.55. The normalized spacial score (nSPS) is 11.4. The lowest BCUT2D eigenvalue weighted by Crippen LogP contribution is -2.16. The van der Waals surface area contributed by atoms with E-state index in [2.05, 4.69) is 27.3 Å². The summed E-state index contributed by atoms with van der Waals surface area (Å²) >= 11 is 7.99. The van der Waals surface area contributed by atoms with Gasteiger partial charge in [0.25, 0.3) is 10.0 Å².